The van der Waals surface area contributed by atoms with Gasteiger partial charge in [-0.15, -0.1) is 0 Å². The number of rotatable bonds is 6. The normalized spacial score (nSPS) is 30.0. The largest absolute Gasteiger partial charge is 0.444 e. The molecule has 0 unspecified atom stereocenters. The van der Waals surface area contributed by atoms with Gasteiger partial charge in [0.1, 0.15) is 17.7 Å². The average Bonchev–Trinajstić information content (AvgIpc) is 3.25. The van der Waals surface area contributed by atoms with Gasteiger partial charge in [-0.3, -0.25) is 19.3 Å². The Balaban J connectivity index is 1.17. The standard InChI is InChI=1S/C31H40N6O5/c1-31(2,3)42-30(41)33-23(28(39)36-20(14-32)11-19-12-25(19)36)16-35-15-21-13-26(35)29(40)37(21)24-9-7-17-10-18(6-8-22(17)24)27(38)34(4)5/h6,8,10,19-21,23-26H,7,9,11-13,15-16H2,1-5H3,(H,33,41)/t19-,20+,21-,23+,24-,25+,26-/m1/s1. The Hall–Kier alpha value is -3.65. The number of carbonyl (C=O) groups excluding carboxylic acids is 4. The maximum Gasteiger partial charge on any atom is 0.408 e. The molecule has 11 heteroatoms. The molecule has 42 heavy (non-hydrogen) atoms. The first kappa shape index (κ1) is 28.5. The molecule has 0 aromatic heterocycles. The molecule has 2 aliphatic carbocycles. The van der Waals surface area contributed by atoms with Crippen molar-refractivity contribution in [2.75, 3.05) is 27.2 Å². The smallest absolute Gasteiger partial charge is 0.408 e. The van der Waals surface area contributed by atoms with Crippen LogP contribution in [0.4, 0.5) is 4.79 Å². The Morgan fingerprint density at radius 1 is 1.17 bits per heavy atom. The van der Waals surface area contributed by atoms with Gasteiger partial charge in [-0.2, -0.15) is 5.26 Å². The number of nitrogens with zero attached hydrogens (tertiary/aromatic N) is 5. The van der Waals surface area contributed by atoms with Crippen molar-refractivity contribution in [1.82, 2.24) is 24.9 Å². The molecule has 1 aromatic rings. The van der Waals surface area contributed by atoms with Crippen molar-refractivity contribution in [3.63, 3.8) is 0 Å². The molecule has 1 saturated carbocycles. The van der Waals surface area contributed by atoms with Crippen LogP contribution in [0, 0.1) is 17.2 Å². The first-order chi connectivity index (χ1) is 19.9. The molecule has 1 N–H and O–H groups in total. The predicted octanol–water partition coefficient (Wildman–Crippen LogP) is 2.07. The summed E-state index contributed by atoms with van der Waals surface area (Å²) in [5.74, 6) is 0.0752. The number of fused-ring (bicyclic) bond motifs is 4. The summed E-state index contributed by atoms with van der Waals surface area (Å²) in [7, 11) is 3.47. The molecule has 7 atom stereocenters. The van der Waals surface area contributed by atoms with E-state index >= 15 is 0 Å². The Morgan fingerprint density at radius 3 is 2.60 bits per heavy atom. The van der Waals surface area contributed by atoms with Crippen LogP contribution in [0.25, 0.3) is 0 Å². The summed E-state index contributed by atoms with van der Waals surface area (Å²) in [4.78, 5) is 60.1. The van der Waals surface area contributed by atoms with Crippen molar-refractivity contribution >= 4 is 23.8 Å². The number of carbonyl (C=O) groups is 4. The van der Waals surface area contributed by atoms with Gasteiger partial charge in [-0.1, -0.05) is 6.07 Å². The van der Waals surface area contributed by atoms with Gasteiger partial charge in [-0.05, 0) is 82.1 Å². The fraction of sp³-hybridized carbons (Fsp3) is 0.645. The topological polar surface area (TPSA) is 126 Å². The molecule has 4 amide bonds. The monoisotopic (exact) mass is 576 g/mol. The number of piperazine rings is 1. The number of hydrogen-bond acceptors (Lipinski definition) is 7. The number of nitrogens with one attached hydrogen (secondary N) is 1. The van der Waals surface area contributed by atoms with Crippen molar-refractivity contribution in [2.24, 2.45) is 5.92 Å². The lowest BCUT2D eigenvalue weighted by molar-refractivity contribution is -0.141. The van der Waals surface area contributed by atoms with E-state index in [-0.39, 0.29) is 48.4 Å². The molecule has 3 saturated heterocycles. The summed E-state index contributed by atoms with van der Waals surface area (Å²) in [6, 6.07) is 6.29. The van der Waals surface area contributed by atoms with Gasteiger partial charge in [0.05, 0.1) is 18.2 Å². The molecule has 0 radical (unpaired) electrons. The van der Waals surface area contributed by atoms with Gasteiger partial charge < -0.3 is 24.8 Å². The average molecular weight is 577 g/mol. The summed E-state index contributed by atoms with van der Waals surface area (Å²) >= 11 is 0. The van der Waals surface area contributed by atoms with Crippen LogP contribution in [0.3, 0.4) is 0 Å². The van der Waals surface area contributed by atoms with Crippen LogP contribution in [0.5, 0.6) is 0 Å². The van der Waals surface area contributed by atoms with Crippen molar-refractivity contribution in [3.05, 3.63) is 34.9 Å². The minimum absolute atomic E-state index is 0.00488. The number of ether oxygens (including phenoxy) is 1. The Kier molecular flexibility index (Phi) is 6.96. The van der Waals surface area contributed by atoms with E-state index in [1.807, 2.05) is 28.0 Å². The molecule has 2 bridgehead atoms. The molecule has 224 valence electrons. The van der Waals surface area contributed by atoms with E-state index in [1.54, 1.807) is 44.7 Å². The lowest BCUT2D eigenvalue weighted by Gasteiger charge is -2.39. The number of benzene rings is 1. The molecule has 0 spiro atoms. The maximum absolute atomic E-state index is 13.8. The van der Waals surface area contributed by atoms with Gasteiger partial charge in [0.15, 0.2) is 0 Å². The minimum Gasteiger partial charge on any atom is -0.444 e. The number of alkyl carbamates (subject to hydrolysis) is 1. The highest BCUT2D eigenvalue weighted by molar-refractivity contribution is 5.94. The van der Waals surface area contributed by atoms with Crippen LogP contribution in [0.2, 0.25) is 0 Å². The summed E-state index contributed by atoms with van der Waals surface area (Å²) < 4.78 is 5.47. The van der Waals surface area contributed by atoms with Gasteiger partial charge in [0.2, 0.25) is 11.8 Å². The van der Waals surface area contributed by atoms with Crippen LogP contribution in [-0.4, -0.2) is 106 Å². The fourth-order valence-electron chi connectivity index (χ4n) is 7.51. The highest BCUT2D eigenvalue weighted by Gasteiger charge is 2.57. The highest BCUT2D eigenvalue weighted by atomic mass is 16.6. The molecule has 3 aliphatic heterocycles. The first-order valence-corrected chi connectivity index (χ1v) is 15.0. The SMILES string of the molecule is CN(C)C(=O)c1ccc2c(c1)CC[C@H]2N1C(=O)[C@H]2C[C@@H]1CN2C[C@H](NC(=O)OC(C)(C)C)C(=O)N1[C@H](C#N)C[C@@H]2C[C@@H]21. The summed E-state index contributed by atoms with van der Waals surface area (Å²) in [5.41, 5.74) is 2.14. The van der Waals surface area contributed by atoms with E-state index in [2.05, 4.69) is 11.4 Å². The molecular formula is C31H40N6O5. The van der Waals surface area contributed by atoms with Gasteiger partial charge in [0, 0.05) is 44.8 Å². The number of likely N-dealkylation sites (tertiary alicyclic amines) is 3. The van der Waals surface area contributed by atoms with Crippen molar-refractivity contribution < 1.29 is 23.9 Å². The third-order valence-electron chi connectivity index (χ3n) is 9.41. The summed E-state index contributed by atoms with van der Waals surface area (Å²) in [5, 5.41) is 12.5. The molecule has 3 heterocycles. The zero-order valence-corrected chi connectivity index (χ0v) is 25.0. The van der Waals surface area contributed by atoms with E-state index < -0.39 is 23.8 Å². The quantitative estimate of drug-likeness (QED) is 0.550. The number of aryl methyl sites for hydroxylation is 1. The van der Waals surface area contributed by atoms with Crippen LogP contribution >= 0.6 is 0 Å². The first-order valence-electron chi connectivity index (χ1n) is 15.0. The Labute approximate surface area is 246 Å². The fourth-order valence-corrected chi connectivity index (χ4v) is 7.51. The second kappa shape index (κ2) is 10.3. The molecular weight excluding hydrogens is 536 g/mol. The number of hydrogen-bond donors (Lipinski definition) is 1. The van der Waals surface area contributed by atoms with E-state index in [9.17, 15) is 24.4 Å². The number of nitriles is 1. The Bertz CT molecular complexity index is 1360. The highest BCUT2D eigenvalue weighted by Crippen LogP contribution is 2.48. The van der Waals surface area contributed by atoms with Crippen molar-refractivity contribution in [1.29, 1.82) is 5.26 Å². The summed E-state index contributed by atoms with van der Waals surface area (Å²) in [6.45, 7) is 6.08. The number of piperidine rings is 1. The second-order valence-corrected chi connectivity index (χ2v) is 13.7. The zero-order valence-electron chi connectivity index (χ0n) is 25.0. The third kappa shape index (κ3) is 5.00. The second-order valence-electron chi connectivity index (χ2n) is 13.7. The van der Waals surface area contributed by atoms with Crippen LogP contribution in [0.15, 0.2) is 18.2 Å². The zero-order chi connectivity index (χ0) is 30.1. The summed E-state index contributed by atoms with van der Waals surface area (Å²) in [6.07, 6.45) is 3.17. The maximum atomic E-state index is 13.8. The van der Waals surface area contributed by atoms with Gasteiger partial charge in [0.25, 0.3) is 5.91 Å². The molecule has 5 aliphatic rings. The molecule has 1 aromatic carbocycles. The van der Waals surface area contributed by atoms with E-state index in [0.29, 0.717) is 30.9 Å². The number of amides is 4. The van der Waals surface area contributed by atoms with Crippen LogP contribution in [0.1, 0.15) is 74.0 Å². The van der Waals surface area contributed by atoms with Crippen LogP contribution in [-0.2, 0) is 20.7 Å². The van der Waals surface area contributed by atoms with Crippen molar-refractivity contribution in [2.45, 2.75) is 94.7 Å². The Morgan fingerprint density at radius 2 is 1.93 bits per heavy atom. The van der Waals surface area contributed by atoms with Crippen LogP contribution < -0.4 is 5.32 Å². The van der Waals surface area contributed by atoms with Gasteiger partial charge >= 0.3 is 6.09 Å². The molecule has 4 fully saturated rings. The molecule has 11 nitrogen and oxygen atoms in total. The van der Waals surface area contributed by atoms with Gasteiger partial charge in [-0.25, -0.2) is 4.79 Å². The van der Waals surface area contributed by atoms with E-state index in [1.165, 1.54) is 0 Å². The lowest BCUT2D eigenvalue weighted by atomic mass is 10.0. The third-order valence-corrected chi connectivity index (χ3v) is 9.41. The lowest BCUT2D eigenvalue weighted by Crippen LogP contribution is -2.59. The van der Waals surface area contributed by atoms with Crippen molar-refractivity contribution in [3.8, 4) is 6.07 Å². The van der Waals surface area contributed by atoms with E-state index in [4.69, 9.17) is 4.74 Å². The molecule has 6 rings (SSSR count). The van der Waals surface area contributed by atoms with E-state index in [0.717, 1.165) is 30.4 Å². The minimum atomic E-state index is -0.921. The predicted molar refractivity (Wildman–Crippen MR) is 152 cm³/mol.